The summed E-state index contributed by atoms with van der Waals surface area (Å²) in [5.74, 6) is 0. The van der Waals surface area contributed by atoms with Crippen LogP contribution in [0.4, 0.5) is 0 Å². The fourth-order valence-corrected chi connectivity index (χ4v) is 0.954. The number of rotatable bonds is 2. The van der Waals surface area contributed by atoms with Crippen molar-refractivity contribution in [2.24, 2.45) is 4.99 Å². The molecule has 1 aromatic rings. The number of isothiocyanates is 1. The zero-order valence-corrected chi connectivity index (χ0v) is 7.01. The van der Waals surface area contributed by atoms with Gasteiger partial charge in [-0.1, -0.05) is 0 Å². The Morgan fingerprint density at radius 1 is 1.55 bits per heavy atom. The van der Waals surface area contributed by atoms with Crippen molar-refractivity contribution < 1.29 is 0 Å². The fraction of sp³-hybridized carbons (Fsp3) is 0.250. The van der Waals surface area contributed by atoms with Crippen LogP contribution in [0.3, 0.4) is 0 Å². The molecule has 2 nitrogen and oxygen atoms in total. The molecule has 0 N–H and O–H groups in total. The van der Waals surface area contributed by atoms with Crippen molar-refractivity contribution in [3.05, 3.63) is 30.1 Å². The van der Waals surface area contributed by atoms with Crippen LogP contribution in [0.1, 0.15) is 18.5 Å². The molecule has 0 amide bonds. The maximum Gasteiger partial charge on any atom is 0.0825 e. The van der Waals surface area contributed by atoms with E-state index in [1.54, 1.807) is 12.4 Å². The number of aliphatic imine (C=N–C) groups is 1. The number of hydrogen-bond donors (Lipinski definition) is 0. The first-order valence-corrected chi connectivity index (χ1v) is 3.72. The van der Waals surface area contributed by atoms with E-state index in [4.69, 9.17) is 0 Å². The Morgan fingerprint density at radius 3 is 2.73 bits per heavy atom. The molecular formula is C8H8N2S. The Kier molecular flexibility index (Phi) is 2.90. The van der Waals surface area contributed by atoms with Gasteiger partial charge in [-0.05, 0) is 36.8 Å². The molecule has 11 heavy (non-hydrogen) atoms. The topological polar surface area (TPSA) is 25.2 Å². The zero-order chi connectivity index (χ0) is 8.10. The summed E-state index contributed by atoms with van der Waals surface area (Å²) in [6.07, 6.45) is 3.48. The molecule has 56 valence electrons. The van der Waals surface area contributed by atoms with Crippen molar-refractivity contribution in [2.75, 3.05) is 0 Å². The van der Waals surface area contributed by atoms with Gasteiger partial charge in [-0.3, -0.25) is 4.98 Å². The minimum atomic E-state index is 0.0931. The van der Waals surface area contributed by atoms with Gasteiger partial charge in [-0.2, -0.15) is 0 Å². The normalized spacial score (nSPS) is 11.7. The lowest BCUT2D eigenvalue weighted by Crippen LogP contribution is -1.87. The summed E-state index contributed by atoms with van der Waals surface area (Å²) in [4.78, 5) is 7.83. The molecule has 0 unspecified atom stereocenters. The van der Waals surface area contributed by atoms with Crippen LogP contribution in [-0.4, -0.2) is 10.1 Å². The van der Waals surface area contributed by atoms with E-state index < -0.39 is 0 Å². The van der Waals surface area contributed by atoms with Crippen molar-refractivity contribution in [1.29, 1.82) is 0 Å². The minimum absolute atomic E-state index is 0.0931. The van der Waals surface area contributed by atoms with E-state index in [1.165, 1.54) is 0 Å². The maximum absolute atomic E-state index is 4.50. The first-order chi connectivity index (χ1) is 5.34. The predicted molar refractivity (Wildman–Crippen MR) is 47.7 cm³/mol. The van der Waals surface area contributed by atoms with Crippen molar-refractivity contribution >= 4 is 17.4 Å². The number of pyridine rings is 1. The van der Waals surface area contributed by atoms with Gasteiger partial charge in [0.1, 0.15) is 0 Å². The first kappa shape index (κ1) is 8.05. The van der Waals surface area contributed by atoms with Crippen LogP contribution < -0.4 is 0 Å². The third kappa shape index (κ3) is 2.22. The largest absolute Gasteiger partial charge is 0.265 e. The second-order valence-electron chi connectivity index (χ2n) is 2.18. The molecule has 0 aromatic carbocycles. The van der Waals surface area contributed by atoms with Gasteiger partial charge >= 0.3 is 0 Å². The maximum atomic E-state index is 4.50. The van der Waals surface area contributed by atoms with E-state index >= 15 is 0 Å². The van der Waals surface area contributed by atoms with Gasteiger partial charge in [0.05, 0.1) is 11.2 Å². The van der Waals surface area contributed by atoms with Crippen molar-refractivity contribution in [1.82, 2.24) is 4.98 Å². The number of nitrogens with zero attached hydrogens (tertiary/aromatic N) is 2. The SMILES string of the molecule is C[C@H](N=C=S)c1ccncc1. The second kappa shape index (κ2) is 3.96. The number of aromatic nitrogens is 1. The van der Waals surface area contributed by atoms with Crippen LogP contribution in [0.15, 0.2) is 29.5 Å². The van der Waals surface area contributed by atoms with E-state index in [1.807, 2.05) is 19.1 Å². The molecule has 1 atom stereocenters. The fourth-order valence-electron chi connectivity index (χ4n) is 0.796. The molecule has 0 aliphatic heterocycles. The van der Waals surface area contributed by atoms with Gasteiger partial charge < -0.3 is 0 Å². The predicted octanol–water partition coefficient (Wildman–Crippen LogP) is 2.25. The summed E-state index contributed by atoms with van der Waals surface area (Å²) < 4.78 is 0. The monoisotopic (exact) mass is 164 g/mol. The highest BCUT2D eigenvalue weighted by Crippen LogP contribution is 2.13. The van der Waals surface area contributed by atoms with Gasteiger partial charge in [-0.25, -0.2) is 4.99 Å². The van der Waals surface area contributed by atoms with Crippen molar-refractivity contribution in [2.45, 2.75) is 13.0 Å². The van der Waals surface area contributed by atoms with E-state index in [2.05, 4.69) is 27.4 Å². The Hall–Kier alpha value is -1.05. The van der Waals surface area contributed by atoms with Crippen molar-refractivity contribution in [3.63, 3.8) is 0 Å². The lowest BCUT2D eigenvalue weighted by atomic mass is 10.1. The van der Waals surface area contributed by atoms with Gasteiger partial charge in [0, 0.05) is 12.4 Å². The molecule has 0 saturated heterocycles. The Morgan fingerprint density at radius 2 is 2.18 bits per heavy atom. The first-order valence-electron chi connectivity index (χ1n) is 3.31. The standard InChI is InChI=1S/C8H8N2S/c1-7(10-6-11)8-2-4-9-5-3-8/h2-5,7H,1H3/t7-/m0/s1. The second-order valence-corrected chi connectivity index (χ2v) is 2.36. The summed E-state index contributed by atoms with van der Waals surface area (Å²) in [7, 11) is 0. The molecule has 0 radical (unpaired) electrons. The Balaban J connectivity index is 2.84. The Labute approximate surface area is 71.0 Å². The average Bonchev–Trinajstić information content (AvgIpc) is 2.07. The van der Waals surface area contributed by atoms with Gasteiger partial charge in [0.2, 0.25) is 0 Å². The van der Waals surface area contributed by atoms with Crippen LogP contribution in [0.25, 0.3) is 0 Å². The highest BCUT2D eigenvalue weighted by atomic mass is 32.1. The Bertz CT molecular complexity index is 265. The quantitative estimate of drug-likeness (QED) is 0.494. The third-order valence-electron chi connectivity index (χ3n) is 1.43. The number of thiocarbonyl (C=S) groups is 1. The summed E-state index contributed by atoms with van der Waals surface area (Å²) in [6.45, 7) is 1.97. The molecular weight excluding hydrogens is 156 g/mol. The van der Waals surface area contributed by atoms with Crippen molar-refractivity contribution in [3.8, 4) is 0 Å². The van der Waals surface area contributed by atoms with E-state index in [0.717, 1.165) is 5.56 Å². The zero-order valence-electron chi connectivity index (χ0n) is 6.19. The van der Waals surface area contributed by atoms with Crippen LogP contribution >= 0.6 is 12.2 Å². The molecule has 0 bridgehead atoms. The third-order valence-corrected chi connectivity index (χ3v) is 1.54. The molecule has 3 heteroatoms. The molecule has 1 rings (SSSR count). The summed E-state index contributed by atoms with van der Waals surface area (Å²) in [6, 6.07) is 3.93. The summed E-state index contributed by atoms with van der Waals surface area (Å²) >= 11 is 4.50. The van der Waals surface area contributed by atoms with E-state index in [-0.39, 0.29) is 6.04 Å². The molecule has 0 saturated carbocycles. The van der Waals surface area contributed by atoms with Gasteiger partial charge in [-0.15, -0.1) is 0 Å². The molecule has 1 aromatic heterocycles. The van der Waals surface area contributed by atoms with Crippen LogP contribution in [0.5, 0.6) is 0 Å². The van der Waals surface area contributed by atoms with Crippen LogP contribution in [0.2, 0.25) is 0 Å². The van der Waals surface area contributed by atoms with Crippen LogP contribution in [-0.2, 0) is 0 Å². The minimum Gasteiger partial charge on any atom is -0.265 e. The molecule has 1 heterocycles. The highest BCUT2D eigenvalue weighted by molar-refractivity contribution is 7.78. The van der Waals surface area contributed by atoms with E-state index in [0.29, 0.717) is 0 Å². The average molecular weight is 164 g/mol. The highest BCUT2D eigenvalue weighted by Gasteiger charge is 1.99. The summed E-state index contributed by atoms with van der Waals surface area (Å²) in [5, 5.41) is 2.35. The smallest absolute Gasteiger partial charge is 0.0825 e. The van der Waals surface area contributed by atoms with Gasteiger partial charge in [0.25, 0.3) is 0 Å². The number of hydrogen-bond acceptors (Lipinski definition) is 3. The van der Waals surface area contributed by atoms with Gasteiger partial charge in [0.15, 0.2) is 0 Å². The van der Waals surface area contributed by atoms with Crippen LogP contribution in [0, 0.1) is 0 Å². The van der Waals surface area contributed by atoms with E-state index in [9.17, 15) is 0 Å². The molecule has 0 aliphatic carbocycles. The molecule has 0 spiro atoms. The summed E-state index contributed by atoms with van der Waals surface area (Å²) in [5.41, 5.74) is 1.11. The molecule has 0 aliphatic rings. The lowest BCUT2D eigenvalue weighted by molar-refractivity contribution is 0.825. The molecule has 0 fully saturated rings. The lowest BCUT2D eigenvalue weighted by Gasteiger charge is -2.01.